The van der Waals surface area contributed by atoms with E-state index in [1.54, 1.807) is 0 Å². The van der Waals surface area contributed by atoms with Crippen LogP contribution in [0.1, 0.15) is 136 Å². The van der Waals surface area contributed by atoms with Gasteiger partial charge in [-0.25, -0.2) is 0 Å². The largest absolute Gasteiger partial charge is 0.394 e. The van der Waals surface area contributed by atoms with Gasteiger partial charge in [-0.2, -0.15) is 0 Å². The Kier molecular flexibility index (Phi) is 27.6. The second-order valence-electron chi connectivity index (χ2n) is 10.1. The zero-order valence-electron chi connectivity index (χ0n) is 24.2. The summed E-state index contributed by atoms with van der Waals surface area (Å²) in [6.45, 7) is 4.17. The van der Waals surface area contributed by atoms with E-state index >= 15 is 0 Å². The average Bonchev–Trinajstić information content (AvgIpc) is 2.90. The van der Waals surface area contributed by atoms with Gasteiger partial charge in [-0.3, -0.25) is 4.79 Å². The molecule has 4 heteroatoms. The van der Waals surface area contributed by atoms with Crippen molar-refractivity contribution >= 4 is 5.91 Å². The summed E-state index contributed by atoms with van der Waals surface area (Å²) in [6, 6.07) is -0.546. The third-order valence-corrected chi connectivity index (χ3v) is 6.60. The first-order valence-corrected chi connectivity index (χ1v) is 15.3. The van der Waals surface area contributed by atoms with Crippen LogP contribution in [0.15, 0.2) is 48.6 Å². The van der Waals surface area contributed by atoms with Gasteiger partial charge in [0.2, 0.25) is 5.91 Å². The molecule has 0 aromatic heterocycles. The first-order chi connectivity index (χ1) is 18.2. The Morgan fingerprint density at radius 2 is 1.19 bits per heavy atom. The van der Waals surface area contributed by atoms with Crippen molar-refractivity contribution in [3.8, 4) is 0 Å². The highest BCUT2D eigenvalue weighted by atomic mass is 16.3. The fourth-order valence-corrected chi connectivity index (χ4v) is 4.23. The Balaban J connectivity index is 3.69. The lowest BCUT2D eigenvalue weighted by molar-refractivity contribution is -0.123. The second kappa shape index (κ2) is 28.9. The van der Waals surface area contributed by atoms with Gasteiger partial charge in [0.1, 0.15) is 0 Å². The molecule has 0 heterocycles. The van der Waals surface area contributed by atoms with E-state index in [1.807, 2.05) is 0 Å². The summed E-state index contributed by atoms with van der Waals surface area (Å²) in [5.41, 5.74) is 0. The van der Waals surface area contributed by atoms with Crippen LogP contribution in [-0.4, -0.2) is 34.9 Å². The summed E-state index contributed by atoms with van der Waals surface area (Å²) >= 11 is 0. The number of unbranched alkanes of at least 4 members (excludes halogenated alkanes) is 11. The molecule has 0 aliphatic carbocycles. The van der Waals surface area contributed by atoms with Crippen molar-refractivity contribution in [3.63, 3.8) is 0 Å². The maximum atomic E-state index is 12.2. The quantitative estimate of drug-likeness (QED) is 0.0795. The molecule has 0 saturated carbocycles. The molecule has 2 atom stereocenters. The van der Waals surface area contributed by atoms with Crippen LogP contribution in [0, 0.1) is 0 Å². The number of nitrogens with one attached hydrogen (secondary N) is 1. The molecule has 0 radical (unpaired) electrons. The van der Waals surface area contributed by atoms with Gasteiger partial charge in [-0.15, -0.1) is 0 Å². The summed E-state index contributed by atoms with van der Waals surface area (Å²) in [7, 11) is 0. The molecular weight excluding hydrogens is 458 g/mol. The molecule has 0 spiro atoms. The fraction of sp³-hybridized carbons (Fsp3) is 0.727. The number of hydrogen-bond donors (Lipinski definition) is 3. The van der Waals surface area contributed by atoms with Crippen LogP contribution < -0.4 is 5.32 Å². The van der Waals surface area contributed by atoms with Crippen molar-refractivity contribution in [2.75, 3.05) is 6.61 Å². The maximum Gasteiger partial charge on any atom is 0.220 e. The molecule has 2 unspecified atom stereocenters. The van der Waals surface area contributed by atoms with Crippen molar-refractivity contribution in [3.05, 3.63) is 48.6 Å². The molecule has 214 valence electrons. The Morgan fingerprint density at radius 3 is 1.78 bits per heavy atom. The molecule has 37 heavy (non-hydrogen) atoms. The number of rotatable bonds is 26. The van der Waals surface area contributed by atoms with E-state index in [9.17, 15) is 15.0 Å². The molecule has 0 bridgehead atoms. The van der Waals surface area contributed by atoms with Crippen LogP contribution in [0.25, 0.3) is 0 Å². The van der Waals surface area contributed by atoms with E-state index in [-0.39, 0.29) is 12.5 Å². The van der Waals surface area contributed by atoms with Gasteiger partial charge in [0.05, 0.1) is 18.8 Å². The van der Waals surface area contributed by atoms with Crippen LogP contribution in [0.3, 0.4) is 0 Å². The molecule has 0 aliphatic rings. The number of hydrogen-bond acceptors (Lipinski definition) is 3. The van der Waals surface area contributed by atoms with Gasteiger partial charge in [-0.1, -0.05) is 127 Å². The van der Waals surface area contributed by atoms with Crippen LogP contribution >= 0.6 is 0 Å². The molecule has 0 aromatic rings. The summed E-state index contributed by atoms with van der Waals surface area (Å²) in [6.07, 6.45) is 37.3. The minimum Gasteiger partial charge on any atom is -0.394 e. The predicted molar refractivity (Wildman–Crippen MR) is 161 cm³/mol. The Labute approximate surface area is 229 Å². The average molecular weight is 518 g/mol. The molecular formula is C33H59NO3. The van der Waals surface area contributed by atoms with Crippen LogP contribution in [0.2, 0.25) is 0 Å². The molecule has 0 saturated heterocycles. The van der Waals surface area contributed by atoms with Crippen molar-refractivity contribution in [2.45, 2.75) is 148 Å². The summed E-state index contributed by atoms with van der Waals surface area (Å²) < 4.78 is 0. The topological polar surface area (TPSA) is 69.6 Å². The number of carbonyl (C=O) groups is 1. The molecule has 1 amide bonds. The molecule has 3 N–H and O–H groups in total. The van der Waals surface area contributed by atoms with E-state index in [2.05, 4.69) is 67.8 Å². The highest BCUT2D eigenvalue weighted by Crippen LogP contribution is 2.12. The van der Waals surface area contributed by atoms with E-state index in [1.165, 1.54) is 38.5 Å². The van der Waals surface area contributed by atoms with Gasteiger partial charge in [-0.05, 0) is 51.4 Å². The number of amides is 1. The fourth-order valence-electron chi connectivity index (χ4n) is 4.23. The van der Waals surface area contributed by atoms with E-state index < -0.39 is 12.1 Å². The minimum atomic E-state index is -0.667. The standard InChI is InChI=1S/C33H59NO3/c1-3-5-7-9-11-13-14-15-16-17-18-19-20-21-23-25-27-29-33(37)34-31(30-35)32(36)28-26-24-22-12-10-8-6-4-2/h5,7,11,13,15-16,18-19,31-32,35-36H,3-4,6,8-10,12,14,17,20-30H2,1-2H3,(H,34,37)/b7-5-,13-11-,16-15-,19-18-. The minimum absolute atomic E-state index is 0.0621. The smallest absolute Gasteiger partial charge is 0.220 e. The Hall–Kier alpha value is -1.65. The van der Waals surface area contributed by atoms with E-state index in [4.69, 9.17) is 0 Å². The van der Waals surface area contributed by atoms with Crippen molar-refractivity contribution in [2.24, 2.45) is 0 Å². The second-order valence-corrected chi connectivity index (χ2v) is 10.1. The van der Waals surface area contributed by atoms with Gasteiger partial charge < -0.3 is 15.5 Å². The maximum absolute atomic E-state index is 12.2. The molecule has 4 nitrogen and oxygen atoms in total. The highest BCUT2D eigenvalue weighted by molar-refractivity contribution is 5.76. The lowest BCUT2D eigenvalue weighted by atomic mass is 10.0. The molecule has 0 aliphatic heterocycles. The third-order valence-electron chi connectivity index (χ3n) is 6.60. The summed E-state index contributed by atoms with van der Waals surface area (Å²) in [5.74, 6) is -0.0621. The number of aliphatic hydroxyl groups is 2. The molecule has 0 aromatic carbocycles. The Bertz CT molecular complexity index is 609. The van der Waals surface area contributed by atoms with Gasteiger partial charge in [0.15, 0.2) is 0 Å². The summed E-state index contributed by atoms with van der Waals surface area (Å²) in [4.78, 5) is 12.2. The number of aliphatic hydroxyl groups excluding tert-OH is 2. The van der Waals surface area contributed by atoms with Crippen molar-refractivity contribution < 1.29 is 15.0 Å². The first-order valence-electron chi connectivity index (χ1n) is 15.3. The molecule has 0 fully saturated rings. The lowest BCUT2D eigenvalue weighted by Gasteiger charge is -2.22. The highest BCUT2D eigenvalue weighted by Gasteiger charge is 2.19. The van der Waals surface area contributed by atoms with Gasteiger partial charge in [0.25, 0.3) is 0 Å². The number of carbonyl (C=O) groups excluding carboxylic acids is 1. The SMILES string of the molecule is CC/C=C\C/C=C\C/C=C\C/C=C\CCCCCCC(=O)NC(CO)C(O)CCCCCCCCCC. The first kappa shape index (κ1) is 35.4. The normalized spacial score (nSPS) is 13.9. The third kappa shape index (κ3) is 25.8. The molecule has 0 rings (SSSR count). The van der Waals surface area contributed by atoms with Crippen LogP contribution in [0.5, 0.6) is 0 Å². The van der Waals surface area contributed by atoms with Crippen LogP contribution in [0.4, 0.5) is 0 Å². The van der Waals surface area contributed by atoms with Crippen LogP contribution in [-0.2, 0) is 4.79 Å². The predicted octanol–water partition coefficient (Wildman–Crippen LogP) is 8.50. The van der Waals surface area contributed by atoms with Crippen molar-refractivity contribution in [1.29, 1.82) is 0 Å². The van der Waals surface area contributed by atoms with Crippen molar-refractivity contribution in [1.82, 2.24) is 5.32 Å². The van der Waals surface area contributed by atoms with Gasteiger partial charge >= 0.3 is 0 Å². The lowest BCUT2D eigenvalue weighted by Crippen LogP contribution is -2.45. The number of allylic oxidation sites excluding steroid dienone is 8. The van der Waals surface area contributed by atoms with E-state index in [0.717, 1.165) is 70.6 Å². The Morgan fingerprint density at radius 1 is 0.676 bits per heavy atom. The zero-order valence-corrected chi connectivity index (χ0v) is 24.2. The zero-order chi connectivity index (χ0) is 27.2. The van der Waals surface area contributed by atoms with Gasteiger partial charge in [0, 0.05) is 6.42 Å². The summed E-state index contributed by atoms with van der Waals surface area (Å²) in [5, 5.41) is 22.8. The van der Waals surface area contributed by atoms with E-state index in [0.29, 0.717) is 12.8 Å². The monoisotopic (exact) mass is 517 g/mol.